The van der Waals surface area contributed by atoms with Gasteiger partial charge in [0.25, 0.3) is 0 Å². The average Bonchev–Trinajstić information content (AvgIpc) is 2.45. The SMILES string of the molecule is C[C@@H]1CCC[C@@H](C)N1C(=O)CCCOc1ccc(Cl)cc1Cl. The van der Waals surface area contributed by atoms with E-state index in [9.17, 15) is 4.79 Å². The van der Waals surface area contributed by atoms with E-state index < -0.39 is 0 Å². The summed E-state index contributed by atoms with van der Waals surface area (Å²) in [5.41, 5.74) is 0. The fraction of sp³-hybridized carbons (Fsp3) is 0.588. The Morgan fingerprint density at radius 3 is 2.59 bits per heavy atom. The van der Waals surface area contributed by atoms with Crippen molar-refractivity contribution in [3.63, 3.8) is 0 Å². The topological polar surface area (TPSA) is 29.5 Å². The molecule has 0 saturated carbocycles. The molecule has 122 valence electrons. The van der Waals surface area contributed by atoms with Crippen molar-refractivity contribution in [3.05, 3.63) is 28.2 Å². The van der Waals surface area contributed by atoms with Crippen LogP contribution >= 0.6 is 23.2 Å². The Morgan fingerprint density at radius 2 is 1.95 bits per heavy atom. The highest BCUT2D eigenvalue weighted by Gasteiger charge is 2.28. The molecule has 0 N–H and O–H groups in total. The van der Waals surface area contributed by atoms with Gasteiger partial charge in [0.2, 0.25) is 5.91 Å². The van der Waals surface area contributed by atoms with Gasteiger partial charge >= 0.3 is 0 Å². The molecule has 0 aromatic heterocycles. The first-order chi connectivity index (χ1) is 10.5. The minimum atomic E-state index is 0.227. The molecule has 1 aliphatic heterocycles. The van der Waals surface area contributed by atoms with Crippen LogP contribution in [0.1, 0.15) is 46.0 Å². The van der Waals surface area contributed by atoms with Gasteiger partial charge in [0.05, 0.1) is 11.6 Å². The Kier molecular flexibility index (Phi) is 6.39. The Balaban J connectivity index is 1.77. The van der Waals surface area contributed by atoms with Crippen LogP contribution in [-0.2, 0) is 4.79 Å². The third-order valence-corrected chi connectivity index (χ3v) is 4.70. The zero-order valence-corrected chi connectivity index (χ0v) is 14.7. The number of likely N-dealkylation sites (tertiary alicyclic amines) is 1. The van der Waals surface area contributed by atoms with Crippen molar-refractivity contribution in [1.29, 1.82) is 0 Å². The van der Waals surface area contributed by atoms with E-state index in [-0.39, 0.29) is 5.91 Å². The number of carbonyl (C=O) groups excluding carboxylic acids is 1. The van der Waals surface area contributed by atoms with Gasteiger partial charge < -0.3 is 9.64 Å². The number of amides is 1. The Hall–Kier alpha value is -0.930. The van der Waals surface area contributed by atoms with Gasteiger partial charge in [0.1, 0.15) is 5.75 Å². The number of halogens is 2. The number of benzene rings is 1. The van der Waals surface area contributed by atoms with Gasteiger partial charge in [-0.15, -0.1) is 0 Å². The number of piperidine rings is 1. The first-order valence-corrected chi connectivity index (χ1v) is 8.63. The van der Waals surface area contributed by atoms with E-state index in [1.54, 1.807) is 18.2 Å². The van der Waals surface area contributed by atoms with Crippen LogP contribution in [-0.4, -0.2) is 29.5 Å². The summed E-state index contributed by atoms with van der Waals surface area (Å²) in [7, 11) is 0. The van der Waals surface area contributed by atoms with E-state index in [0.717, 1.165) is 12.8 Å². The van der Waals surface area contributed by atoms with Crippen LogP contribution < -0.4 is 4.74 Å². The lowest BCUT2D eigenvalue weighted by Gasteiger charge is -2.39. The Morgan fingerprint density at radius 1 is 1.27 bits per heavy atom. The van der Waals surface area contributed by atoms with Crippen LogP contribution in [0.2, 0.25) is 10.0 Å². The molecule has 22 heavy (non-hydrogen) atoms. The molecular formula is C17H23Cl2NO2. The molecule has 2 atom stereocenters. The monoisotopic (exact) mass is 343 g/mol. The molecular weight excluding hydrogens is 321 g/mol. The summed E-state index contributed by atoms with van der Waals surface area (Å²) in [5, 5.41) is 1.08. The van der Waals surface area contributed by atoms with E-state index in [4.69, 9.17) is 27.9 Å². The number of rotatable bonds is 5. The van der Waals surface area contributed by atoms with Crippen LogP contribution in [0.15, 0.2) is 18.2 Å². The predicted molar refractivity (Wildman–Crippen MR) is 90.8 cm³/mol. The molecule has 3 nitrogen and oxygen atoms in total. The van der Waals surface area contributed by atoms with E-state index in [1.807, 2.05) is 4.90 Å². The van der Waals surface area contributed by atoms with Crippen LogP contribution in [0.4, 0.5) is 0 Å². The number of carbonyl (C=O) groups is 1. The molecule has 1 heterocycles. The highest BCUT2D eigenvalue weighted by atomic mass is 35.5. The summed E-state index contributed by atoms with van der Waals surface area (Å²) >= 11 is 11.9. The minimum Gasteiger partial charge on any atom is -0.492 e. The second-order valence-electron chi connectivity index (χ2n) is 5.96. The van der Waals surface area contributed by atoms with Gasteiger partial charge in [-0.2, -0.15) is 0 Å². The molecule has 1 aromatic carbocycles. The van der Waals surface area contributed by atoms with Gasteiger partial charge in [-0.1, -0.05) is 23.2 Å². The largest absolute Gasteiger partial charge is 0.492 e. The maximum Gasteiger partial charge on any atom is 0.223 e. The van der Waals surface area contributed by atoms with Crippen molar-refractivity contribution >= 4 is 29.1 Å². The Bertz CT molecular complexity index is 511. The molecule has 5 heteroatoms. The molecule has 2 rings (SSSR count). The smallest absolute Gasteiger partial charge is 0.223 e. The second-order valence-corrected chi connectivity index (χ2v) is 6.80. The molecule has 0 spiro atoms. The minimum absolute atomic E-state index is 0.227. The van der Waals surface area contributed by atoms with Crippen LogP contribution in [0.3, 0.4) is 0 Å². The van der Waals surface area contributed by atoms with E-state index in [1.165, 1.54) is 6.42 Å². The molecule has 0 bridgehead atoms. The third-order valence-electron chi connectivity index (χ3n) is 4.17. The van der Waals surface area contributed by atoms with Crippen molar-refractivity contribution in [2.75, 3.05) is 6.61 Å². The summed E-state index contributed by atoms with van der Waals surface area (Å²) in [6.45, 7) is 4.75. The summed E-state index contributed by atoms with van der Waals surface area (Å²) < 4.78 is 5.62. The van der Waals surface area contributed by atoms with Crippen molar-refractivity contribution in [1.82, 2.24) is 4.90 Å². The maximum atomic E-state index is 12.4. The number of hydrogen-bond acceptors (Lipinski definition) is 2. The fourth-order valence-corrected chi connectivity index (χ4v) is 3.50. The highest BCUT2D eigenvalue weighted by Crippen LogP contribution is 2.28. The van der Waals surface area contributed by atoms with Crippen molar-refractivity contribution < 1.29 is 9.53 Å². The zero-order chi connectivity index (χ0) is 16.1. The van der Waals surface area contributed by atoms with Crippen molar-refractivity contribution in [2.24, 2.45) is 0 Å². The second kappa shape index (κ2) is 8.07. The van der Waals surface area contributed by atoms with Crippen LogP contribution in [0.25, 0.3) is 0 Å². The molecule has 1 aliphatic rings. The highest BCUT2D eigenvalue weighted by molar-refractivity contribution is 6.35. The van der Waals surface area contributed by atoms with Gasteiger partial charge in [-0.3, -0.25) is 4.79 Å². The normalized spacial score (nSPS) is 21.7. The van der Waals surface area contributed by atoms with Gasteiger partial charge in [-0.25, -0.2) is 0 Å². The first kappa shape index (κ1) is 17.4. The molecule has 1 fully saturated rings. The molecule has 0 radical (unpaired) electrons. The summed E-state index contributed by atoms with van der Waals surface area (Å²) in [5.74, 6) is 0.837. The van der Waals surface area contributed by atoms with Crippen LogP contribution in [0.5, 0.6) is 5.75 Å². The molecule has 0 unspecified atom stereocenters. The van der Waals surface area contributed by atoms with E-state index in [2.05, 4.69) is 13.8 Å². The van der Waals surface area contributed by atoms with Crippen LogP contribution in [0, 0.1) is 0 Å². The molecule has 1 amide bonds. The third kappa shape index (κ3) is 4.53. The maximum absolute atomic E-state index is 12.4. The number of ether oxygens (including phenoxy) is 1. The Labute approximate surface area is 142 Å². The summed E-state index contributed by atoms with van der Waals surface area (Å²) in [6, 6.07) is 5.85. The van der Waals surface area contributed by atoms with Gasteiger partial charge in [0.15, 0.2) is 0 Å². The fourth-order valence-electron chi connectivity index (χ4n) is 3.04. The van der Waals surface area contributed by atoms with E-state index in [0.29, 0.717) is 47.3 Å². The summed E-state index contributed by atoms with van der Waals surface area (Å²) in [6.07, 6.45) is 4.62. The molecule has 1 saturated heterocycles. The lowest BCUT2D eigenvalue weighted by Crippen LogP contribution is -2.47. The molecule has 1 aromatic rings. The quantitative estimate of drug-likeness (QED) is 0.708. The molecule has 0 aliphatic carbocycles. The predicted octanol–water partition coefficient (Wildman–Crippen LogP) is 4.94. The lowest BCUT2D eigenvalue weighted by molar-refractivity contribution is -0.137. The van der Waals surface area contributed by atoms with Gasteiger partial charge in [-0.05, 0) is 57.7 Å². The first-order valence-electron chi connectivity index (χ1n) is 7.88. The summed E-state index contributed by atoms with van der Waals surface area (Å²) in [4.78, 5) is 14.4. The standard InChI is InChI=1S/C17H23Cl2NO2/c1-12-5-3-6-13(2)20(12)17(21)7-4-10-22-16-9-8-14(18)11-15(16)19/h8-9,11-13H,3-7,10H2,1-2H3/t12-,13-/m1/s1. The van der Waals surface area contributed by atoms with E-state index >= 15 is 0 Å². The van der Waals surface area contributed by atoms with Crippen molar-refractivity contribution in [3.8, 4) is 5.75 Å². The lowest BCUT2D eigenvalue weighted by atomic mass is 9.97. The zero-order valence-electron chi connectivity index (χ0n) is 13.1. The van der Waals surface area contributed by atoms with Gasteiger partial charge in [0, 0.05) is 23.5 Å². The van der Waals surface area contributed by atoms with Crippen molar-refractivity contribution in [2.45, 2.75) is 58.0 Å². The number of nitrogens with zero attached hydrogens (tertiary/aromatic N) is 1. The number of hydrogen-bond donors (Lipinski definition) is 0. The average molecular weight is 344 g/mol.